The van der Waals surface area contributed by atoms with E-state index in [1.165, 1.54) is 12.0 Å². The summed E-state index contributed by atoms with van der Waals surface area (Å²) in [5, 5.41) is 3.33. The zero-order chi connectivity index (χ0) is 9.68. The molecule has 0 aliphatic heterocycles. The molecule has 2 nitrogen and oxygen atoms in total. The van der Waals surface area contributed by atoms with Crippen LogP contribution in [0.1, 0.15) is 25.8 Å². The van der Waals surface area contributed by atoms with Crippen molar-refractivity contribution in [1.82, 2.24) is 4.98 Å². The maximum Gasteiger partial charge on any atom is 0.128 e. The highest BCUT2D eigenvalue weighted by Gasteiger charge is 1.97. The molecule has 0 aliphatic carbocycles. The van der Waals surface area contributed by atoms with Gasteiger partial charge >= 0.3 is 0 Å². The van der Waals surface area contributed by atoms with Crippen LogP contribution in [0, 0.1) is 12.8 Å². The summed E-state index contributed by atoms with van der Waals surface area (Å²) in [5.74, 6) is 1.76. The molecule has 0 atom stereocenters. The summed E-state index contributed by atoms with van der Waals surface area (Å²) in [5.41, 5.74) is 1.21. The molecule has 0 amide bonds. The van der Waals surface area contributed by atoms with Gasteiger partial charge in [-0.2, -0.15) is 0 Å². The molecule has 1 rings (SSSR count). The number of anilines is 1. The first-order valence-corrected chi connectivity index (χ1v) is 4.85. The number of aryl methyl sites for hydroxylation is 1. The third kappa shape index (κ3) is 3.45. The van der Waals surface area contributed by atoms with E-state index in [1.54, 1.807) is 0 Å². The largest absolute Gasteiger partial charge is 0.370 e. The number of hydrogen-bond donors (Lipinski definition) is 1. The summed E-state index contributed by atoms with van der Waals surface area (Å²) in [6.45, 7) is 7.54. The van der Waals surface area contributed by atoms with E-state index in [0.717, 1.165) is 18.3 Å². The molecule has 0 aliphatic rings. The van der Waals surface area contributed by atoms with Gasteiger partial charge in [-0.05, 0) is 30.9 Å². The lowest BCUT2D eigenvalue weighted by Gasteiger charge is -2.09. The summed E-state index contributed by atoms with van der Waals surface area (Å²) < 4.78 is 0. The van der Waals surface area contributed by atoms with Crippen LogP contribution in [-0.2, 0) is 0 Å². The molecular formula is C11H18N2. The lowest BCUT2D eigenvalue weighted by molar-refractivity contribution is 0.606. The SMILES string of the molecule is Cc1cccnc1NCCC(C)C. The van der Waals surface area contributed by atoms with Crippen LogP contribution in [0.4, 0.5) is 5.82 Å². The summed E-state index contributed by atoms with van der Waals surface area (Å²) >= 11 is 0. The molecule has 0 saturated heterocycles. The molecule has 0 unspecified atom stereocenters. The maximum atomic E-state index is 4.26. The molecule has 13 heavy (non-hydrogen) atoms. The molecule has 1 aromatic heterocycles. The Labute approximate surface area is 80.4 Å². The Morgan fingerprint density at radius 2 is 2.23 bits per heavy atom. The van der Waals surface area contributed by atoms with Gasteiger partial charge in [-0.3, -0.25) is 0 Å². The molecule has 72 valence electrons. The van der Waals surface area contributed by atoms with Crippen LogP contribution >= 0.6 is 0 Å². The minimum atomic E-state index is 0.747. The van der Waals surface area contributed by atoms with E-state index < -0.39 is 0 Å². The Morgan fingerprint density at radius 3 is 2.85 bits per heavy atom. The first-order valence-electron chi connectivity index (χ1n) is 4.85. The number of nitrogens with zero attached hydrogens (tertiary/aromatic N) is 1. The van der Waals surface area contributed by atoms with Crippen molar-refractivity contribution in [2.75, 3.05) is 11.9 Å². The zero-order valence-electron chi connectivity index (χ0n) is 8.67. The van der Waals surface area contributed by atoms with Gasteiger partial charge in [0.1, 0.15) is 5.82 Å². The van der Waals surface area contributed by atoms with Gasteiger partial charge in [-0.25, -0.2) is 4.98 Å². The van der Waals surface area contributed by atoms with Gasteiger partial charge in [0, 0.05) is 12.7 Å². The Hall–Kier alpha value is -1.05. The smallest absolute Gasteiger partial charge is 0.128 e. The van der Waals surface area contributed by atoms with Crippen LogP contribution in [0.2, 0.25) is 0 Å². The Kier molecular flexibility index (Phi) is 3.74. The second-order valence-corrected chi connectivity index (χ2v) is 3.78. The number of nitrogens with one attached hydrogen (secondary N) is 1. The van der Waals surface area contributed by atoms with E-state index >= 15 is 0 Å². The predicted octanol–water partition coefficient (Wildman–Crippen LogP) is 2.85. The average molecular weight is 178 g/mol. The molecule has 0 bridgehead atoms. The van der Waals surface area contributed by atoms with Crippen molar-refractivity contribution in [1.29, 1.82) is 0 Å². The standard InChI is InChI=1S/C11H18N2/c1-9(2)6-8-13-11-10(3)5-4-7-12-11/h4-5,7,9H,6,8H2,1-3H3,(H,12,13). The first kappa shape index (κ1) is 10.0. The van der Waals surface area contributed by atoms with E-state index in [4.69, 9.17) is 0 Å². The molecule has 0 saturated carbocycles. The van der Waals surface area contributed by atoms with E-state index in [9.17, 15) is 0 Å². The van der Waals surface area contributed by atoms with Crippen LogP contribution in [0.5, 0.6) is 0 Å². The summed E-state index contributed by atoms with van der Waals surface area (Å²) in [6, 6.07) is 4.04. The van der Waals surface area contributed by atoms with E-state index in [-0.39, 0.29) is 0 Å². The molecule has 0 radical (unpaired) electrons. The van der Waals surface area contributed by atoms with Crippen molar-refractivity contribution in [3.63, 3.8) is 0 Å². The van der Waals surface area contributed by atoms with Gasteiger partial charge in [0.05, 0.1) is 0 Å². The average Bonchev–Trinajstić information content (AvgIpc) is 2.08. The molecule has 1 heterocycles. The van der Waals surface area contributed by atoms with Crippen LogP contribution in [0.3, 0.4) is 0 Å². The normalized spacial score (nSPS) is 10.5. The topological polar surface area (TPSA) is 24.9 Å². The minimum absolute atomic E-state index is 0.747. The zero-order valence-corrected chi connectivity index (χ0v) is 8.67. The Bertz CT molecular complexity index is 256. The monoisotopic (exact) mass is 178 g/mol. The highest BCUT2D eigenvalue weighted by atomic mass is 15.0. The number of rotatable bonds is 4. The molecular weight excluding hydrogens is 160 g/mol. The second-order valence-electron chi connectivity index (χ2n) is 3.78. The summed E-state index contributed by atoms with van der Waals surface area (Å²) in [7, 11) is 0. The van der Waals surface area contributed by atoms with Crippen molar-refractivity contribution >= 4 is 5.82 Å². The maximum absolute atomic E-state index is 4.26. The first-order chi connectivity index (χ1) is 6.20. The van der Waals surface area contributed by atoms with Gasteiger partial charge in [0.15, 0.2) is 0 Å². The van der Waals surface area contributed by atoms with Crippen LogP contribution in [0.15, 0.2) is 18.3 Å². The van der Waals surface area contributed by atoms with E-state index in [0.29, 0.717) is 0 Å². The van der Waals surface area contributed by atoms with Gasteiger partial charge in [-0.1, -0.05) is 19.9 Å². The third-order valence-electron chi connectivity index (χ3n) is 2.02. The van der Waals surface area contributed by atoms with Gasteiger partial charge in [0.2, 0.25) is 0 Å². The van der Waals surface area contributed by atoms with Crippen LogP contribution in [-0.4, -0.2) is 11.5 Å². The fourth-order valence-corrected chi connectivity index (χ4v) is 1.15. The molecule has 1 aromatic rings. The van der Waals surface area contributed by atoms with Crippen LogP contribution in [0.25, 0.3) is 0 Å². The Morgan fingerprint density at radius 1 is 1.46 bits per heavy atom. The third-order valence-corrected chi connectivity index (χ3v) is 2.02. The number of pyridine rings is 1. The van der Waals surface area contributed by atoms with Gasteiger partial charge < -0.3 is 5.32 Å². The van der Waals surface area contributed by atoms with Crippen LogP contribution < -0.4 is 5.32 Å². The number of aromatic nitrogens is 1. The van der Waals surface area contributed by atoms with Crippen molar-refractivity contribution in [3.05, 3.63) is 23.9 Å². The molecule has 0 spiro atoms. The quantitative estimate of drug-likeness (QED) is 0.766. The number of hydrogen-bond acceptors (Lipinski definition) is 2. The minimum Gasteiger partial charge on any atom is -0.370 e. The lowest BCUT2D eigenvalue weighted by atomic mass is 10.1. The fraction of sp³-hybridized carbons (Fsp3) is 0.545. The molecule has 1 N–H and O–H groups in total. The fourth-order valence-electron chi connectivity index (χ4n) is 1.15. The lowest BCUT2D eigenvalue weighted by Crippen LogP contribution is -2.07. The Balaban J connectivity index is 2.41. The highest BCUT2D eigenvalue weighted by Crippen LogP contribution is 2.09. The molecule has 2 heteroatoms. The molecule has 0 fully saturated rings. The summed E-state index contributed by atoms with van der Waals surface area (Å²) in [4.78, 5) is 4.26. The predicted molar refractivity (Wildman–Crippen MR) is 56.9 cm³/mol. The van der Waals surface area contributed by atoms with E-state index in [1.807, 2.05) is 12.3 Å². The van der Waals surface area contributed by atoms with Crippen molar-refractivity contribution in [2.24, 2.45) is 5.92 Å². The van der Waals surface area contributed by atoms with Gasteiger partial charge in [0.25, 0.3) is 0 Å². The summed E-state index contributed by atoms with van der Waals surface area (Å²) in [6.07, 6.45) is 3.01. The van der Waals surface area contributed by atoms with Crippen molar-refractivity contribution in [2.45, 2.75) is 27.2 Å². The second kappa shape index (κ2) is 4.85. The van der Waals surface area contributed by atoms with Crippen molar-refractivity contribution in [3.8, 4) is 0 Å². The van der Waals surface area contributed by atoms with Crippen molar-refractivity contribution < 1.29 is 0 Å². The highest BCUT2D eigenvalue weighted by molar-refractivity contribution is 5.42. The molecule has 0 aromatic carbocycles. The van der Waals surface area contributed by atoms with Gasteiger partial charge in [-0.15, -0.1) is 0 Å². The van der Waals surface area contributed by atoms with E-state index in [2.05, 4.69) is 37.1 Å².